The summed E-state index contributed by atoms with van der Waals surface area (Å²) in [5.41, 5.74) is 5.77. The molecule has 2 heterocycles. The van der Waals surface area contributed by atoms with Crippen LogP contribution in [-0.2, 0) is 16.1 Å². The lowest BCUT2D eigenvalue weighted by Crippen LogP contribution is -2.48. The molecular weight excluding hydrogens is 458 g/mol. The monoisotopic (exact) mass is 493 g/mol. The number of aliphatic hydroxyl groups excluding tert-OH is 1. The number of hydrogen-bond donors (Lipinski definition) is 2. The van der Waals surface area contributed by atoms with Crippen LogP contribution in [0.5, 0.6) is 0 Å². The van der Waals surface area contributed by atoms with Gasteiger partial charge in [-0.25, -0.2) is 4.98 Å². The molecule has 0 bridgehead atoms. The highest BCUT2D eigenvalue weighted by Crippen LogP contribution is 2.29. The Bertz CT molecular complexity index is 1100. The maximum Gasteiger partial charge on any atom is 0.243 e. The molecule has 3 rings (SSSR count). The Labute approximate surface area is 212 Å². The molecule has 1 aromatic carbocycles. The standard InChI is InChI=1S/C28H35N3O3S/c1-6-8-9-21(7-2)25(18(3)4)28(34)31-16-23(32)14-24(31)27(33)29-15-20-10-12-22(13-11-20)26-19(5)30-17-35-26/h6-13,17-18,23-25,32H,1,14-16H2,2-5H3,(H,29,33)/b9-8-,21-7+/t23-,24+,25-/m1/s1. The average molecular weight is 494 g/mol. The summed E-state index contributed by atoms with van der Waals surface area (Å²) < 4.78 is 0. The van der Waals surface area contributed by atoms with Crippen molar-refractivity contribution in [3.05, 3.63) is 77.5 Å². The number of nitrogens with zero attached hydrogens (tertiary/aromatic N) is 2. The third-order valence-corrected chi connectivity index (χ3v) is 7.32. The molecule has 3 atom stereocenters. The van der Waals surface area contributed by atoms with Gasteiger partial charge in [0.05, 0.1) is 28.1 Å². The number of allylic oxidation sites excluding steroid dienone is 4. The first-order valence-electron chi connectivity index (χ1n) is 12.0. The predicted octanol–water partition coefficient (Wildman–Crippen LogP) is 4.66. The van der Waals surface area contributed by atoms with Gasteiger partial charge in [-0.15, -0.1) is 11.3 Å². The van der Waals surface area contributed by atoms with Gasteiger partial charge in [-0.2, -0.15) is 0 Å². The lowest BCUT2D eigenvalue weighted by atomic mass is 9.86. The maximum absolute atomic E-state index is 13.6. The van der Waals surface area contributed by atoms with Crippen molar-refractivity contribution in [2.75, 3.05) is 6.54 Å². The third-order valence-electron chi connectivity index (χ3n) is 6.34. The number of likely N-dealkylation sites (tertiary alicyclic amines) is 1. The number of amides is 2. The summed E-state index contributed by atoms with van der Waals surface area (Å²) in [5, 5.41) is 13.3. The summed E-state index contributed by atoms with van der Waals surface area (Å²) >= 11 is 1.60. The first kappa shape index (κ1) is 26.6. The number of rotatable bonds is 9. The lowest BCUT2D eigenvalue weighted by Gasteiger charge is -2.30. The number of β-amino-alcohol motifs (C(OH)–C–C–N with tert-alkyl or cyclic N) is 1. The summed E-state index contributed by atoms with van der Waals surface area (Å²) in [6.07, 6.45) is 6.80. The lowest BCUT2D eigenvalue weighted by molar-refractivity contribution is -0.141. The molecule has 2 amide bonds. The second-order valence-electron chi connectivity index (χ2n) is 9.18. The largest absolute Gasteiger partial charge is 0.391 e. The number of carbonyl (C=O) groups excluding carboxylic acids is 2. The summed E-state index contributed by atoms with van der Waals surface area (Å²) in [4.78, 5) is 33.7. The summed E-state index contributed by atoms with van der Waals surface area (Å²) in [5.74, 6) is -0.754. The van der Waals surface area contributed by atoms with Gasteiger partial charge in [-0.05, 0) is 36.5 Å². The van der Waals surface area contributed by atoms with Crippen molar-refractivity contribution in [2.45, 2.75) is 52.8 Å². The fourth-order valence-corrected chi connectivity index (χ4v) is 5.33. The van der Waals surface area contributed by atoms with E-state index in [0.717, 1.165) is 27.3 Å². The van der Waals surface area contributed by atoms with E-state index in [1.807, 2.05) is 75.7 Å². The molecule has 0 spiro atoms. The Hall–Kier alpha value is -3.03. The maximum atomic E-state index is 13.6. The molecule has 2 N–H and O–H groups in total. The Morgan fingerprint density at radius 1 is 1.31 bits per heavy atom. The Balaban J connectivity index is 1.70. The van der Waals surface area contributed by atoms with Gasteiger partial charge in [0.15, 0.2) is 0 Å². The van der Waals surface area contributed by atoms with Gasteiger partial charge in [0.1, 0.15) is 6.04 Å². The molecule has 0 radical (unpaired) electrons. The number of aromatic nitrogens is 1. The van der Waals surface area contributed by atoms with Crippen molar-refractivity contribution in [2.24, 2.45) is 11.8 Å². The van der Waals surface area contributed by atoms with Crippen LogP contribution in [0.3, 0.4) is 0 Å². The van der Waals surface area contributed by atoms with Crippen molar-refractivity contribution in [3.63, 3.8) is 0 Å². The van der Waals surface area contributed by atoms with Crippen LogP contribution in [0, 0.1) is 18.8 Å². The van der Waals surface area contributed by atoms with E-state index < -0.39 is 18.1 Å². The van der Waals surface area contributed by atoms with Gasteiger partial charge >= 0.3 is 0 Å². The molecular formula is C28H35N3O3S. The molecule has 0 saturated carbocycles. The fourth-order valence-electron chi connectivity index (χ4n) is 4.52. The summed E-state index contributed by atoms with van der Waals surface area (Å²) in [7, 11) is 0. The number of hydrogen-bond acceptors (Lipinski definition) is 5. The number of thiazole rings is 1. The molecule has 7 heteroatoms. The van der Waals surface area contributed by atoms with Crippen molar-refractivity contribution in [1.82, 2.24) is 15.2 Å². The molecule has 35 heavy (non-hydrogen) atoms. The van der Waals surface area contributed by atoms with Crippen LogP contribution >= 0.6 is 11.3 Å². The first-order valence-corrected chi connectivity index (χ1v) is 12.9. The number of carbonyl (C=O) groups is 2. The quantitative estimate of drug-likeness (QED) is 0.498. The molecule has 0 unspecified atom stereocenters. The van der Waals surface area contributed by atoms with Gasteiger partial charge in [0, 0.05) is 19.5 Å². The highest BCUT2D eigenvalue weighted by Gasteiger charge is 2.42. The zero-order chi connectivity index (χ0) is 25.5. The molecule has 2 aromatic rings. The molecule has 1 fully saturated rings. The molecule has 0 aliphatic carbocycles. The minimum atomic E-state index is -0.720. The van der Waals surface area contributed by atoms with Gasteiger partial charge < -0.3 is 15.3 Å². The highest BCUT2D eigenvalue weighted by molar-refractivity contribution is 7.13. The third kappa shape index (κ3) is 6.35. The van der Waals surface area contributed by atoms with E-state index in [1.165, 1.54) is 0 Å². The number of aliphatic hydroxyl groups is 1. The predicted molar refractivity (Wildman–Crippen MR) is 142 cm³/mol. The van der Waals surface area contributed by atoms with Crippen LogP contribution in [-0.4, -0.2) is 45.5 Å². The Kier molecular flexibility index (Phi) is 9.18. The van der Waals surface area contributed by atoms with Crippen LogP contribution in [0.1, 0.15) is 38.4 Å². The normalized spacial score (nSPS) is 19.4. The number of nitrogens with one attached hydrogen (secondary N) is 1. The van der Waals surface area contributed by atoms with Crippen molar-refractivity contribution >= 4 is 23.2 Å². The van der Waals surface area contributed by atoms with Gasteiger partial charge in [-0.1, -0.05) is 69.0 Å². The molecule has 186 valence electrons. The minimum Gasteiger partial charge on any atom is -0.391 e. The molecule has 1 aliphatic rings. The number of benzene rings is 1. The van der Waals surface area contributed by atoms with E-state index in [1.54, 1.807) is 22.3 Å². The van der Waals surface area contributed by atoms with Crippen LogP contribution in [0.4, 0.5) is 0 Å². The van der Waals surface area contributed by atoms with E-state index in [-0.39, 0.29) is 30.7 Å². The Morgan fingerprint density at radius 2 is 2.03 bits per heavy atom. The van der Waals surface area contributed by atoms with E-state index >= 15 is 0 Å². The van der Waals surface area contributed by atoms with Crippen molar-refractivity contribution in [3.8, 4) is 10.4 Å². The van der Waals surface area contributed by atoms with E-state index in [4.69, 9.17) is 0 Å². The zero-order valence-electron chi connectivity index (χ0n) is 20.9. The SMILES string of the molecule is C=C/C=C\C(=C/C)[C@H](C(=O)N1C[C@H](O)C[C@H]1C(=O)NCc1ccc(-c2scnc2C)cc1)C(C)C. The van der Waals surface area contributed by atoms with Crippen LogP contribution < -0.4 is 5.32 Å². The first-order chi connectivity index (χ1) is 16.8. The minimum absolute atomic E-state index is 0.0327. The van der Waals surface area contributed by atoms with E-state index in [9.17, 15) is 14.7 Å². The second kappa shape index (κ2) is 12.1. The van der Waals surface area contributed by atoms with Crippen LogP contribution in [0.2, 0.25) is 0 Å². The van der Waals surface area contributed by atoms with E-state index in [0.29, 0.717) is 6.54 Å². The van der Waals surface area contributed by atoms with E-state index in [2.05, 4.69) is 16.9 Å². The van der Waals surface area contributed by atoms with Gasteiger partial charge in [0.2, 0.25) is 11.8 Å². The molecule has 1 aromatic heterocycles. The summed E-state index contributed by atoms with van der Waals surface area (Å²) in [6, 6.07) is 7.33. The summed E-state index contributed by atoms with van der Waals surface area (Å²) in [6.45, 7) is 12.1. The highest BCUT2D eigenvalue weighted by atomic mass is 32.1. The zero-order valence-corrected chi connectivity index (χ0v) is 21.7. The molecule has 1 saturated heterocycles. The van der Waals surface area contributed by atoms with Crippen molar-refractivity contribution < 1.29 is 14.7 Å². The van der Waals surface area contributed by atoms with Crippen LogP contribution in [0.25, 0.3) is 10.4 Å². The molecule has 6 nitrogen and oxygen atoms in total. The van der Waals surface area contributed by atoms with Crippen molar-refractivity contribution in [1.29, 1.82) is 0 Å². The smallest absolute Gasteiger partial charge is 0.243 e. The number of aryl methyl sites for hydroxylation is 1. The average Bonchev–Trinajstić information content (AvgIpc) is 3.45. The molecule has 1 aliphatic heterocycles. The van der Waals surface area contributed by atoms with Gasteiger partial charge in [-0.3, -0.25) is 9.59 Å². The fraction of sp³-hybridized carbons (Fsp3) is 0.393. The Morgan fingerprint density at radius 3 is 2.60 bits per heavy atom. The topological polar surface area (TPSA) is 82.5 Å². The second-order valence-corrected chi connectivity index (χ2v) is 10.0. The van der Waals surface area contributed by atoms with Crippen LogP contribution in [0.15, 0.2) is 66.2 Å². The van der Waals surface area contributed by atoms with Gasteiger partial charge in [0.25, 0.3) is 0 Å².